The van der Waals surface area contributed by atoms with Crippen LogP contribution in [0.1, 0.15) is 48.1 Å². The fourth-order valence-corrected chi connectivity index (χ4v) is 7.20. The molecule has 1 aromatic heterocycles. The number of hydrogen-bond acceptors (Lipinski definition) is 3. The summed E-state index contributed by atoms with van der Waals surface area (Å²) in [5, 5.41) is 4.61. The molecule has 0 saturated heterocycles. The van der Waals surface area contributed by atoms with E-state index in [1.807, 2.05) is 16.9 Å². The molecule has 0 aliphatic heterocycles. The highest BCUT2D eigenvalue weighted by molar-refractivity contribution is 7.87. The third kappa shape index (κ3) is 3.95. The van der Waals surface area contributed by atoms with Crippen LogP contribution in [0.15, 0.2) is 54.2 Å². The highest BCUT2D eigenvalue weighted by Crippen LogP contribution is 2.79. The van der Waals surface area contributed by atoms with Gasteiger partial charge in [0.05, 0.1) is 17.6 Å². The second kappa shape index (κ2) is 8.58. The minimum absolute atomic E-state index is 0.0717. The fourth-order valence-electron chi connectivity index (χ4n) is 6.62. The number of allylic oxidation sites excluding steroid dienone is 1. The Labute approximate surface area is 216 Å². The van der Waals surface area contributed by atoms with Crippen LogP contribution in [0.5, 0.6) is 0 Å². The molecular formula is C28H30F2N4O2S. The Hall–Kier alpha value is -2.88. The number of aromatic nitrogens is 2. The first-order chi connectivity index (χ1) is 17.6. The molecule has 194 valence electrons. The Kier molecular flexibility index (Phi) is 5.67. The molecule has 2 saturated carbocycles. The van der Waals surface area contributed by atoms with E-state index in [2.05, 4.69) is 15.9 Å². The minimum atomic E-state index is -3.65. The smallest absolute Gasteiger partial charge is 0.233 e. The Morgan fingerprint density at radius 2 is 1.92 bits per heavy atom. The van der Waals surface area contributed by atoms with E-state index in [-0.39, 0.29) is 29.0 Å². The maximum Gasteiger partial charge on any atom is 0.279 e. The predicted octanol–water partition coefficient (Wildman–Crippen LogP) is 4.79. The van der Waals surface area contributed by atoms with E-state index in [0.717, 1.165) is 53.4 Å². The average Bonchev–Trinajstić information content (AvgIpc) is 3.13. The van der Waals surface area contributed by atoms with Crippen LogP contribution in [0.4, 0.5) is 8.78 Å². The van der Waals surface area contributed by atoms with E-state index in [1.165, 1.54) is 43.4 Å². The Morgan fingerprint density at radius 1 is 1.14 bits per heavy atom. The van der Waals surface area contributed by atoms with Gasteiger partial charge in [0.1, 0.15) is 11.6 Å². The summed E-state index contributed by atoms with van der Waals surface area (Å²) in [7, 11) is -0.757. The first-order valence-electron chi connectivity index (χ1n) is 12.6. The third-order valence-electron chi connectivity index (χ3n) is 8.78. The van der Waals surface area contributed by atoms with Gasteiger partial charge < -0.3 is 0 Å². The monoisotopic (exact) mass is 524 g/mol. The van der Waals surface area contributed by atoms with Crippen molar-refractivity contribution in [2.24, 2.45) is 10.8 Å². The first kappa shape index (κ1) is 24.5. The van der Waals surface area contributed by atoms with Gasteiger partial charge in [-0.25, -0.2) is 13.5 Å². The molecule has 3 aliphatic rings. The zero-order chi connectivity index (χ0) is 26.0. The SMILES string of the molecule is CN(C)S(=O)(=O)NCc1c(F)cccc1CC[C@]12CCC3=Cc4c(cnn4-c4ccc(F)cc4)C[C@@]31C2. The number of benzene rings is 2. The first-order valence-corrected chi connectivity index (χ1v) is 14.1. The molecule has 9 heteroatoms. The van der Waals surface area contributed by atoms with Crippen LogP contribution in [0.2, 0.25) is 0 Å². The summed E-state index contributed by atoms with van der Waals surface area (Å²) in [6.45, 7) is -0.0717. The van der Waals surface area contributed by atoms with Crippen molar-refractivity contribution in [1.29, 1.82) is 0 Å². The lowest BCUT2D eigenvalue weighted by Crippen LogP contribution is -2.35. The van der Waals surface area contributed by atoms with Gasteiger partial charge >= 0.3 is 0 Å². The average molecular weight is 525 g/mol. The normalized spacial score (nSPS) is 24.0. The van der Waals surface area contributed by atoms with E-state index in [1.54, 1.807) is 18.2 Å². The van der Waals surface area contributed by atoms with Crippen LogP contribution in [-0.2, 0) is 29.6 Å². The van der Waals surface area contributed by atoms with Crippen molar-refractivity contribution in [2.75, 3.05) is 14.1 Å². The molecule has 1 N–H and O–H groups in total. The molecule has 6 rings (SSSR count). The fraction of sp³-hybridized carbons (Fsp3) is 0.393. The summed E-state index contributed by atoms with van der Waals surface area (Å²) < 4.78 is 58.0. The molecule has 2 fully saturated rings. The molecule has 37 heavy (non-hydrogen) atoms. The van der Waals surface area contributed by atoms with Crippen molar-refractivity contribution >= 4 is 16.3 Å². The molecule has 2 aromatic carbocycles. The van der Waals surface area contributed by atoms with Crippen molar-refractivity contribution in [2.45, 2.75) is 45.1 Å². The van der Waals surface area contributed by atoms with Crippen molar-refractivity contribution in [3.8, 4) is 5.69 Å². The van der Waals surface area contributed by atoms with Crippen LogP contribution in [0.3, 0.4) is 0 Å². The van der Waals surface area contributed by atoms with Crippen LogP contribution in [0.25, 0.3) is 11.8 Å². The van der Waals surface area contributed by atoms with Gasteiger partial charge in [-0.15, -0.1) is 0 Å². The lowest BCUT2D eigenvalue weighted by molar-refractivity contribution is 0.382. The molecule has 3 aliphatic carbocycles. The summed E-state index contributed by atoms with van der Waals surface area (Å²) in [5.41, 5.74) is 6.19. The molecule has 0 unspecified atom stereocenters. The van der Waals surface area contributed by atoms with Gasteiger partial charge in [-0.3, -0.25) is 0 Å². The van der Waals surface area contributed by atoms with Gasteiger partial charge in [0.25, 0.3) is 10.2 Å². The predicted molar refractivity (Wildman–Crippen MR) is 138 cm³/mol. The van der Waals surface area contributed by atoms with Crippen LogP contribution >= 0.6 is 0 Å². The zero-order valence-electron chi connectivity index (χ0n) is 21.0. The Balaban J connectivity index is 1.21. The minimum Gasteiger partial charge on any atom is -0.233 e. The van der Waals surface area contributed by atoms with E-state index < -0.39 is 10.2 Å². The molecular weight excluding hydrogens is 494 g/mol. The van der Waals surface area contributed by atoms with E-state index in [9.17, 15) is 17.2 Å². The van der Waals surface area contributed by atoms with Gasteiger partial charge in [0, 0.05) is 31.6 Å². The lowest BCUT2D eigenvalue weighted by atomic mass is 9.80. The molecule has 6 nitrogen and oxygen atoms in total. The van der Waals surface area contributed by atoms with Gasteiger partial charge in [-0.05, 0) is 91.5 Å². The summed E-state index contributed by atoms with van der Waals surface area (Å²) in [6.07, 6.45) is 10.0. The van der Waals surface area contributed by atoms with E-state index in [0.29, 0.717) is 12.0 Å². The topological polar surface area (TPSA) is 67.2 Å². The maximum atomic E-state index is 14.7. The van der Waals surface area contributed by atoms with Gasteiger partial charge in [0.15, 0.2) is 0 Å². The highest BCUT2D eigenvalue weighted by Gasteiger charge is 2.71. The van der Waals surface area contributed by atoms with Crippen LogP contribution < -0.4 is 4.72 Å². The molecule has 0 radical (unpaired) electrons. The van der Waals surface area contributed by atoms with E-state index >= 15 is 0 Å². The van der Waals surface area contributed by atoms with Crippen molar-refractivity contribution in [3.63, 3.8) is 0 Å². The summed E-state index contributed by atoms with van der Waals surface area (Å²) in [4.78, 5) is 0. The lowest BCUT2D eigenvalue weighted by Gasteiger charge is -2.24. The van der Waals surface area contributed by atoms with Crippen molar-refractivity contribution in [3.05, 3.63) is 88.3 Å². The number of rotatable bonds is 8. The molecule has 1 spiro atoms. The second-order valence-corrected chi connectivity index (χ2v) is 12.8. The quantitative estimate of drug-likeness (QED) is 0.461. The van der Waals surface area contributed by atoms with Crippen LogP contribution in [0, 0.1) is 22.5 Å². The van der Waals surface area contributed by atoms with Crippen molar-refractivity contribution < 1.29 is 17.2 Å². The van der Waals surface area contributed by atoms with E-state index in [4.69, 9.17) is 0 Å². The Morgan fingerprint density at radius 3 is 2.68 bits per heavy atom. The molecule has 1 heterocycles. The van der Waals surface area contributed by atoms with Gasteiger partial charge in [-0.1, -0.05) is 17.7 Å². The number of nitrogens with one attached hydrogen (secondary N) is 1. The van der Waals surface area contributed by atoms with Crippen molar-refractivity contribution in [1.82, 2.24) is 18.8 Å². The largest absolute Gasteiger partial charge is 0.279 e. The standard InChI is InChI=1S/C28H30F2N4O2S/c1-33(2)37(35,36)32-17-24-19(4-3-5-25(24)30)10-12-27-13-11-21-14-26-20(15-28(21,27)18-27)16-31-34(26)23-8-6-22(29)7-9-23/h3-9,14,16,32H,10-13,15,17-18H2,1-2H3/t27-,28-/m1/s1. The molecule has 2 atom stereocenters. The molecule has 3 aromatic rings. The summed E-state index contributed by atoms with van der Waals surface area (Å²) in [6, 6.07) is 11.4. The number of halogens is 2. The van der Waals surface area contributed by atoms with Gasteiger partial charge in [-0.2, -0.15) is 22.5 Å². The Bertz CT molecular complexity index is 1510. The number of fused-ring (bicyclic) bond motifs is 1. The maximum absolute atomic E-state index is 14.7. The third-order valence-corrected chi connectivity index (χ3v) is 10.2. The van der Waals surface area contributed by atoms with Crippen LogP contribution in [-0.4, -0.2) is 36.6 Å². The molecule has 0 amide bonds. The second-order valence-electron chi connectivity index (χ2n) is 10.8. The zero-order valence-corrected chi connectivity index (χ0v) is 21.8. The highest BCUT2D eigenvalue weighted by atomic mass is 32.2. The number of aryl methyl sites for hydroxylation is 1. The molecule has 0 bridgehead atoms. The summed E-state index contributed by atoms with van der Waals surface area (Å²) >= 11 is 0. The summed E-state index contributed by atoms with van der Waals surface area (Å²) in [5.74, 6) is -0.651. The number of hydrogen-bond donors (Lipinski definition) is 1. The number of nitrogens with zero attached hydrogens (tertiary/aromatic N) is 3. The van der Waals surface area contributed by atoms with Gasteiger partial charge in [0.2, 0.25) is 0 Å².